The molecule has 2 N–H and O–H groups in total. The maximum Gasteiger partial charge on any atom is 0.319 e. The molecular formula is C14H22N2O2. The summed E-state index contributed by atoms with van der Waals surface area (Å²) < 4.78 is 5.38. The molecule has 0 spiro atoms. The van der Waals surface area contributed by atoms with Crippen LogP contribution in [-0.4, -0.2) is 18.7 Å². The number of ether oxygens (including phenoxy) is 1. The van der Waals surface area contributed by atoms with Crippen molar-refractivity contribution in [2.24, 2.45) is 0 Å². The Hall–Kier alpha value is -1.71. The van der Waals surface area contributed by atoms with E-state index in [0.717, 1.165) is 24.3 Å². The zero-order chi connectivity index (χ0) is 13.4. The molecule has 4 nitrogen and oxygen atoms in total. The molecule has 0 aromatic heterocycles. The third kappa shape index (κ3) is 4.65. The molecule has 4 heteroatoms. The minimum absolute atomic E-state index is 0.169. The van der Waals surface area contributed by atoms with E-state index in [1.165, 1.54) is 0 Å². The van der Waals surface area contributed by atoms with Crippen molar-refractivity contribution in [3.8, 4) is 5.75 Å². The van der Waals surface area contributed by atoms with Crippen molar-refractivity contribution >= 4 is 11.7 Å². The highest BCUT2D eigenvalue weighted by Crippen LogP contribution is 2.17. The second-order valence-corrected chi connectivity index (χ2v) is 4.07. The van der Waals surface area contributed by atoms with E-state index in [4.69, 9.17) is 4.74 Å². The van der Waals surface area contributed by atoms with Gasteiger partial charge in [0.2, 0.25) is 0 Å². The standard InChI is InChI=1S/C14H22N2O2/c1-4-11(5-2)15-14(17)16-12-8-7-9-13(10-12)18-6-3/h7-11H,4-6H2,1-3H3,(H2,15,16,17). The summed E-state index contributed by atoms with van der Waals surface area (Å²) in [6, 6.07) is 7.44. The summed E-state index contributed by atoms with van der Waals surface area (Å²) in [5, 5.41) is 5.74. The number of benzene rings is 1. The van der Waals surface area contributed by atoms with Gasteiger partial charge in [-0.1, -0.05) is 19.9 Å². The van der Waals surface area contributed by atoms with Crippen molar-refractivity contribution in [1.29, 1.82) is 0 Å². The maximum absolute atomic E-state index is 11.7. The molecule has 1 aromatic rings. The molecule has 100 valence electrons. The molecule has 1 aromatic carbocycles. The zero-order valence-electron chi connectivity index (χ0n) is 11.3. The quantitative estimate of drug-likeness (QED) is 0.813. The molecule has 0 heterocycles. The summed E-state index contributed by atoms with van der Waals surface area (Å²) in [6.45, 7) is 6.66. The number of hydrogen-bond donors (Lipinski definition) is 2. The van der Waals surface area contributed by atoms with Crippen LogP contribution in [0.2, 0.25) is 0 Å². The number of carbonyl (C=O) groups is 1. The normalized spacial score (nSPS) is 10.2. The van der Waals surface area contributed by atoms with Gasteiger partial charge in [-0.3, -0.25) is 0 Å². The van der Waals surface area contributed by atoms with Gasteiger partial charge in [0.05, 0.1) is 6.61 Å². The molecule has 0 unspecified atom stereocenters. The van der Waals surface area contributed by atoms with E-state index in [0.29, 0.717) is 6.61 Å². The molecule has 0 saturated heterocycles. The minimum Gasteiger partial charge on any atom is -0.494 e. The van der Waals surface area contributed by atoms with Crippen LogP contribution in [0.3, 0.4) is 0 Å². The molecule has 0 radical (unpaired) electrons. The molecule has 0 saturated carbocycles. The van der Waals surface area contributed by atoms with E-state index >= 15 is 0 Å². The van der Waals surface area contributed by atoms with Gasteiger partial charge < -0.3 is 15.4 Å². The fraction of sp³-hybridized carbons (Fsp3) is 0.500. The Bertz CT molecular complexity index is 376. The first-order chi connectivity index (χ1) is 8.69. The summed E-state index contributed by atoms with van der Waals surface area (Å²) in [7, 11) is 0. The van der Waals surface area contributed by atoms with Gasteiger partial charge in [-0.15, -0.1) is 0 Å². The summed E-state index contributed by atoms with van der Waals surface area (Å²) in [4.78, 5) is 11.7. The Kier molecular flexibility index (Phi) is 6.05. The van der Waals surface area contributed by atoms with Crippen molar-refractivity contribution in [3.05, 3.63) is 24.3 Å². The van der Waals surface area contributed by atoms with Gasteiger partial charge in [0.25, 0.3) is 0 Å². The van der Waals surface area contributed by atoms with Crippen molar-refractivity contribution < 1.29 is 9.53 Å². The number of carbonyl (C=O) groups excluding carboxylic acids is 1. The van der Waals surface area contributed by atoms with E-state index in [9.17, 15) is 4.79 Å². The van der Waals surface area contributed by atoms with E-state index in [1.807, 2.05) is 31.2 Å². The Labute approximate surface area is 109 Å². The van der Waals surface area contributed by atoms with Crippen molar-refractivity contribution in [2.75, 3.05) is 11.9 Å². The number of rotatable bonds is 6. The van der Waals surface area contributed by atoms with E-state index in [2.05, 4.69) is 24.5 Å². The third-order valence-corrected chi connectivity index (χ3v) is 2.72. The maximum atomic E-state index is 11.7. The predicted molar refractivity (Wildman–Crippen MR) is 74.1 cm³/mol. The van der Waals surface area contributed by atoms with Crippen molar-refractivity contribution in [1.82, 2.24) is 5.32 Å². The Morgan fingerprint density at radius 1 is 1.28 bits per heavy atom. The van der Waals surface area contributed by atoms with Crippen LogP contribution in [0.25, 0.3) is 0 Å². The van der Waals surface area contributed by atoms with Crippen LogP contribution in [0.15, 0.2) is 24.3 Å². The summed E-state index contributed by atoms with van der Waals surface area (Å²) in [6.07, 6.45) is 1.87. The molecule has 0 aliphatic heterocycles. The molecule has 0 fully saturated rings. The summed E-state index contributed by atoms with van der Waals surface area (Å²) >= 11 is 0. The second-order valence-electron chi connectivity index (χ2n) is 4.07. The molecule has 0 atom stereocenters. The van der Waals surface area contributed by atoms with Gasteiger partial charge in [0, 0.05) is 17.8 Å². The largest absolute Gasteiger partial charge is 0.494 e. The Balaban J connectivity index is 2.55. The number of urea groups is 1. The number of hydrogen-bond acceptors (Lipinski definition) is 2. The number of amides is 2. The lowest BCUT2D eigenvalue weighted by Crippen LogP contribution is -2.37. The van der Waals surface area contributed by atoms with Crippen LogP contribution < -0.4 is 15.4 Å². The van der Waals surface area contributed by atoms with Crippen LogP contribution in [-0.2, 0) is 0 Å². The van der Waals surface area contributed by atoms with Crippen LogP contribution in [0, 0.1) is 0 Å². The molecule has 0 bridgehead atoms. The van der Waals surface area contributed by atoms with E-state index in [-0.39, 0.29) is 12.1 Å². The van der Waals surface area contributed by atoms with Gasteiger partial charge in [-0.25, -0.2) is 4.79 Å². The predicted octanol–water partition coefficient (Wildman–Crippen LogP) is 3.40. The SMILES string of the molecule is CCOc1cccc(NC(=O)NC(CC)CC)c1. The smallest absolute Gasteiger partial charge is 0.319 e. The van der Waals surface area contributed by atoms with Crippen LogP contribution in [0.4, 0.5) is 10.5 Å². The lowest BCUT2D eigenvalue weighted by Gasteiger charge is -2.15. The Morgan fingerprint density at radius 2 is 2.00 bits per heavy atom. The Morgan fingerprint density at radius 3 is 2.61 bits per heavy atom. The first kappa shape index (κ1) is 14.4. The van der Waals surface area contributed by atoms with E-state index in [1.54, 1.807) is 0 Å². The highest BCUT2D eigenvalue weighted by atomic mass is 16.5. The molecular weight excluding hydrogens is 228 g/mol. The van der Waals surface area contributed by atoms with E-state index < -0.39 is 0 Å². The number of anilines is 1. The lowest BCUT2D eigenvalue weighted by atomic mass is 10.2. The average Bonchev–Trinajstić information content (AvgIpc) is 2.36. The second kappa shape index (κ2) is 7.58. The highest BCUT2D eigenvalue weighted by molar-refractivity contribution is 5.89. The molecule has 0 aliphatic carbocycles. The van der Waals surface area contributed by atoms with Gasteiger partial charge >= 0.3 is 6.03 Å². The van der Waals surface area contributed by atoms with Crippen LogP contribution in [0.1, 0.15) is 33.6 Å². The van der Waals surface area contributed by atoms with Crippen molar-refractivity contribution in [3.63, 3.8) is 0 Å². The lowest BCUT2D eigenvalue weighted by molar-refractivity contribution is 0.247. The highest BCUT2D eigenvalue weighted by Gasteiger charge is 2.08. The topological polar surface area (TPSA) is 50.4 Å². The molecule has 0 aliphatic rings. The van der Waals surface area contributed by atoms with Crippen LogP contribution in [0.5, 0.6) is 5.75 Å². The van der Waals surface area contributed by atoms with Gasteiger partial charge in [-0.2, -0.15) is 0 Å². The van der Waals surface area contributed by atoms with Gasteiger partial charge in [0.15, 0.2) is 0 Å². The first-order valence-corrected chi connectivity index (χ1v) is 6.49. The summed E-state index contributed by atoms with van der Waals surface area (Å²) in [5.41, 5.74) is 0.740. The summed E-state index contributed by atoms with van der Waals surface area (Å²) in [5.74, 6) is 0.762. The fourth-order valence-electron chi connectivity index (χ4n) is 1.68. The van der Waals surface area contributed by atoms with Crippen molar-refractivity contribution in [2.45, 2.75) is 39.7 Å². The molecule has 2 amide bonds. The van der Waals surface area contributed by atoms with Crippen LogP contribution >= 0.6 is 0 Å². The van der Waals surface area contributed by atoms with Gasteiger partial charge in [-0.05, 0) is 31.9 Å². The monoisotopic (exact) mass is 250 g/mol. The molecule has 18 heavy (non-hydrogen) atoms. The fourth-order valence-corrected chi connectivity index (χ4v) is 1.68. The first-order valence-electron chi connectivity index (χ1n) is 6.49. The number of nitrogens with one attached hydrogen (secondary N) is 2. The third-order valence-electron chi connectivity index (χ3n) is 2.72. The average molecular weight is 250 g/mol. The van der Waals surface area contributed by atoms with Gasteiger partial charge in [0.1, 0.15) is 5.75 Å². The molecule has 1 rings (SSSR count). The zero-order valence-corrected chi connectivity index (χ0v) is 11.3. The minimum atomic E-state index is -0.169.